The van der Waals surface area contributed by atoms with Crippen molar-refractivity contribution in [2.45, 2.75) is 13.1 Å². The standard InChI is InChI=1S/C19H13ClF3N9O/c1-10-2-3-25-17(14(10)20)31-15(19(21,22)23)13(9-29-31)18(33)30-12-6-11(7-24)16(26-8-12)32-27-4-5-28-32/h2-4,6,8-9,28H,5H2,1H3,(H,30,33). The van der Waals surface area contributed by atoms with Gasteiger partial charge in [0, 0.05) is 12.4 Å². The molecular weight excluding hydrogens is 463 g/mol. The Morgan fingerprint density at radius 3 is 2.76 bits per heavy atom. The van der Waals surface area contributed by atoms with Gasteiger partial charge in [-0.2, -0.15) is 33.8 Å². The van der Waals surface area contributed by atoms with Crippen LogP contribution in [0, 0.1) is 18.3 Å². The number of hydrogen-bond acceptors (Lipinski definition) is 8. The second kappa shape index (κ2) is 8.49. The molecule has 14 heteroatoms. The van der Waals surface area contributed by atoms with E-state index in [9.17, 15) is 23.2 Å². The van der Waals surface area contributed by atoms with Crippen LogP contribution in [0.5, 0.6) is 0 Å². The van der Waals surface area contributed by atoms with E-state index in [1.807, 2.05) is 6.07 Å². The molecule has 33 heavy (non-hydrogen) atoms. The number of halogens is 4. The van der Waals surface area contributed by atoms with Crippen LogP contribution in [0.3, 0.4) is 0 Å². The maximum absolute atomic E-state index is 13.9. The van der Waals surface area contributed by atoms with Gasteiger partial charge in [0.25, 0.3) is 5.91 Å². The van der Waals surface area contributed by atoms with Crippen LogP contribution in [-0.2, 0) is 6.18 Å². The van der Waals surface area contributed by atoms with E-state index < -0.39 is 23.3 Å². The Balaban J connectivity index is 1.69. The van der Waals surface area contributed by atoms with Gasteiger partial charge >= 0.3 is 6.18 Å². The van der Waals surface area contributed by atoms with Crippen molar-refractivity contribution in [1.82, 2.24) is 25.2 Å². The fraction of sp³-hybridized carbons (Fsp3) is 0.158. The topological polar surface area (TPSA) is 124 Å². The number of carbonyl (C=O) groups excluding carboxylic acids is 1. The summed E-state index contributed by atoms with van der Waals surface area (Å²) in [5.74, 6) is -1.19. The molecule has 0 atom stereocenters. The number of alkyl halides is 3. The Bertz CT molecular complexity index is 1310. The third-order valence-corrected chi connectivity index (χ3v) is 4.99. The minimum absolute atomic E-state index is 0.0102. The van der Waals surface area contributed by atoms with Crippen molar-refractivity contribution in [1.29, 1.82) is 5.26 Å². The number of nitriles is 1. The molecule has 10 nitrogen and oxygen atoms in total. The van der Waals surface area contributed by atoms with Crippen molar-refractivity contribution in [2.24, 2.45) is 5.10 Å². The summed E-state index contributed by atoms with van der Waals surface area (Å²) >= 11 is 6.12. The van der Waals surface area contributed by atoms with Crippen LogP contribution in [0.2, 0.25) is 5.02 Å². The molecule has 0 aromatic carbocycles. The Hall–Kier alpha value is -4.02. The molecule has 4 rings (SSSR count). The van der Waals surface area contributed by atoms with Crippen molar-refractivity contribution >= 4 is 35.2 Å². The van der Waals surface area contributed by atoms with Gasteiger partial charge in [0.15, 0.2) is 17.3 Å². The summed E-state index contributed by atoms with van der Waals surface area (Å²) in [5, 5.41) is 20.6. The van der Waals surface area contributed by atoms with Gasteiger partial charge in [-0.15, -0.1) is 0 Å². The lowest BCUT2D eigenvalue weighted by atomic mass is 10.2. The largest absolute Gasteiger partial charge is 0.434 e. The van der Waals surface area contributed by atoms with Gasteiger partial charge in [0.2, 0.25) is 0 Å². The second-order valence-corrected chi connectivity index (χ2v) is 7.09. The number of aryl methyl sites for hydroxylation is 1. The lowest BCUT2D eigenvalue weighted by Crippen LogP contribution is -2.29. The summed E-state index contributed by atoms with van der Waals surface area (Å²) in [5.41, 5.74) is 1.28. The Labute approximate surface area is 189 Å². The molecule has 1 aliphatic rings. The zero-order chi connectivity index (χ0) is 23.8. The summed E-state index contributed by atoms with van der Waals surface area (Å²) < 4.78 is 42.2. The molecule has 0 saturated carbocycles. The first-order valence-corrected chi connectivity index (χ1v) is 9.62. The van der Waals surface area contributed by atoms with Crippen LogP contribution in [0.1, 0.15) is 27.2 Å². The van der Waals surface area contributed by atoms with Crippen LogP contribution in [0.15, 0.2) is 35.8 Å². The summed E-state index contributed by atoms with van der Waals surface area (Å²) in [4.78, 5) is 20.7. The van der Waals surface area contributed by atoms with E-state index in [4.69, 9.17) is 11.6 Å². The first kappa shape index (κ1) is 22.2. The predicted octanol–water partition coefficient (Wildman–Crippen LogP) is 3.08. The highest BCUT2D eigenvalue weighted by molar-refractivity contribution is 6.32. The number of rotatable bonds is 4. The van der Waals surface area contributed by atoms with Gasteiger partial charge in [-0.25, -0.2) is 20.1 Å². The minimum Gasteiger partial charge on any atom is -0.320 e. The highest BCUT2D eigenvalue weighted by atomic mass is 35.5. The van der Waals surface area contributed by atoms with Crippen LogP contribution in [0.25, 0.3) is 5.82 Å². The molecule has 3 aromatic rings. The van der Waals surface area contributed by atoms with E-state index in [2.05, 4.69) is 30.9 Å². The molecule has 0 spiro atoms. The zero-order valence-corrected chi connectivity index (χ0v) is 17.5. The van der Waals surface area contributed by atoms with Gasteiger partial charge < -0.3 is 5.32 Å². The van der Waals surface area contributed by atoms with Crippen molar-refractivity contribution in [3.05, 3.63) is 58.1 Å². The highest BCUT2D eigenvalue weighted by Gasteiger charge is 2.41. The van der Waals surface area contributed by atoms with E-state index in [0.717, 1.165) is 6.20 Å². The molecule has 2 N–H and O–H groups in total. The van der Waals surface area contributed by atoms with Crippen LogP contribution >= 0.6 is 11.6 Å². The first-order valence-electron chi connectivity index (χ1n) is 9.25. The predicted molar refractivity (Wildman–Crippen MR) is 112 cm³/mol. The number of pyridine rings is 2. The summed E-state index contributed by atoms with van der Waals surface area (Å²) in [6, 6.07) is 4.71. The number of hydrogen-bond donors (Lipinski definition) is 2. The molecule has 0 unspecified atom stereocenters. The van der Waals surface area contributed by atoms with Gasteiger partial charge in [-0.3, -0.25) is 4.79 Å². The van der Waals surface area contributed by atoms with Crippen molar-refractivity contribution in [2.75, 3.05) is 17.0 Å². The van der Waals surface area contributed by atoms with E-state index in [0.29, 0.717) is 16.8 Å². The van der Waals surface area contributed by atoms with Crippen molar-refractivity contribution in [3.8, 4) is 11.9 Å². The number of hydrazone groups is 1. The third-order valence-electron chi connectivity index (χ3n) is 4.52. The summed E-state index contributed by atoms with van der Waals surface area (Å²) in [7, 11) is 0. The van der Waals surface area contributed by atoms with Gasteiger partial charge in [0.05, 0.1) is 35.2 Å². The normalized spacial score (nSPS) is 13.3. The van der Waals surface area contributed by atoms with E-state index in [1.165, 1.54) is 29.6 Å². The highest BCUT2D eigenvalue weighted by Crippen LogP contribution is 2.35. The first-order chi connectivity index (χ1) is 15.7. The third kappa shape index (κ3) is 4.21. The maximum atomic E-state index is 13.9. The van der Waals surface area contributed by atoms with E-state index in [1.54, 1.807) is 13.1 Å². The second-order valence-electron chi connectivity index (χ2n) is 6.72. The number of aromatic nitrogens is 4. The molecule has 0 bridgehead atoms. The van der Waals surface area contributed by atoms with Crippen LogP contribution in [-0.4, -0.2) is 38.4 Å². The lowest BCUT2D eigenvalue weighted by molar-refractivity contribution is -0.143. The SMILES string of the molecule is Cc1ccnc(-n2ncc(C(=O)Nc3cnc(N4N=CCN4)c(C#N)c3)c2C(F)(F)F)c1Cl. The molecule has 0 saturated heterocycles. The van der Waals surface area contributed by atoms with Crippen LogP contribution in [0.4, 0.5) is 24.7 Å². The molecule has 4 heterocycles. The van der Waals surface area contributed by atoms with Gasteiger partial charge in [-0.05, 0) is 24.6 Å². The fourth-order valence-corrected chi connectivity index (χ4v) is 3.21. The average molecular weight is 476 g/mol. The molecular formula is C19H13ClF3N9O. The van der Waals surface area contributed by atoms with Crippen molar-refractivity contribution < 1.29 is 18.0 Å². The number of anilines is 2. The molecule has 0 radical (unpaired) electrons. The molecule has 1 aliphatic heterocycles. The molecule has 3 aromatic heterocycles. The van der Waals surface area contributed by atoms with Crippen LogP contribution < -0.4 is 15.9 Å². The average Bonchev–Trinajstić information content (AvgIpc) is 3.45. The van der Waals surface area contributed by atoms with E-state index in [-0.39, 0.29) is 27.9 Å². The Morgan fingerprint density at radius 2 is 2.09 bits per heavy atom. The smallest absolute Gasteiger partial charge is 0.320 e. The molecule has 0 fully saturated rings. The van der Waals surface area contributed by atoms with Gasteiger partial charge in [-0.1, -0.05) is 11.6 Å². The monoisotopic (exact) mass is 475 g/mol. The molecule has 1 amide bonds. The van der Waals surface area contributed by atoms with E-state index >= 15 is 0 Å². The number of nitrogens with one attached hydrogen (secondary N) is 2. The molecule has 0 aliphatic carbocycles. The Morgan fingerprint density at radius 1 is 1.30 bits per heavy atom. The maximum Gasteiger partial charge on any atom is 0.434 e. The quantitative estimate of drug-likeness (QED) is 0.594. The number of nitrogens with zero attached hydrogens (tertiary/aromatic N) is 7. The minimum atomic E-state index is -4.95. The lowest BCUT2D eigenvalue weighted by Gasteiger charge is -2.15. The van der Waals surface area contributed by atoms with Gasteiger partial charge in [0.1, 0.15) is 11.6 Å². The van der Waals surface area contributed by atoms with Crippen molar-refractivity contribution in [3.63, 3.8) is 0 Å². The number of amides is 1. The summed E-state index contributed by atoms with van der Waals surface area (Å²) in [6.45, 7) is 2.04. The molecule has 168 valence electrons. The summed E-state index contributed by atoms with van der Waals surface area (Å²) in [6.07, 6.45) is -0.135. The number of hydrazine groups is 1. The zero-order valence-electron chi connectivity index (χ0n) is 16.7. The number of carbonyl (C=O) groups is 1. The fourth-order valence-electron chi connectivity index (χ4n) is 3.02. The Kier molecular flexibility index (Phi) is 5.71.